The molecule has 206 valence electrons. The van der Waals surface area contributed by atoms with Crippen molar-refractivity contribution in [2.45, 2.75) is 30.2 Å². The van der Waals surface area contributed by atoms with Crippen LogP contribution >= 0.6 is 0 Å². The quantitative estimate of drug-likeness (QED) is 0.275. The third kappa shape index (κ3) is 6.81. The van der Waals surface area contributed by atoms with Gasteiger partial charge in [0.05, 0.1) is 35.9 Å². The summed E-state index contributed by atoms with van der Waals surface area (Å²) in [6.45, 7) is 1.46. The number of rotatable bonds is 11. The Kier molecular flexibility index (Phi) is 8.62. The molecule has 0 bridgehead atoms. The van der Waals surface area contributed by atoms with Gasteiger partial charge in [-0.15, -0.1) is 0 Å². The Morgan fingerprint density at radius 2 is 1.97 bits per heavy atom. The van der Waals surface area contributed by atoms with Crippen LogP contribution in [0.5, 0.6) is 11.5 Å². The molecule has 4 rings (SSSR count). The Bertz CT molecular complexity index is 1600. The van der Waals surface area contributed by atoms with E-state index in [1.807, 2.05) is 12.2 Å². The fourth-order valence-electron chi connectivity index (χ4n) is 4.07. The van der Waals surface area contributed by atoms with E-state index in [-0.39, 0.29) is 22.9 Å². The number of amidine groups is 1. The molecule has 13 heteroatoms. The van der Waals surface area contributed by atoms with E-state index in [0.717, 1.165) is 30.8 Å². The molecule has 12 nitrogen and oxygen atoms in total. The lowest BCUT2D eigenvalue weighted by Crippen LogP contribution is -2.42. The summed E-state index contributed by atoms with van der Waals surface area (Å²) in [5, 5.41) is 13.3. The molecule has 39 heavy (non-hydrogen) atoms. The molecule has 0 saturated heterocycles. The first-order valence-corrected chi connectivity index (χ1v) is 13.6. The number of aromatic amines is 1. The number of nitrogens with one attached hydrogen (secondary N) is 3. The number of fused-ring (bicyclic) bond motifs is 1. The molecular weight excluding hydrogens is 526 g/mol. The molecule has 2 heterocycles. The van der Waals surface area contributed by atoms with E-state index in [2.05, 4.69) is 25.0 Å². The van der Waals surface area contributed by atoms with Gasteiger partial charge in [-0.2, -0.15) is 4.72 Å². The van der Waals surface area contributed by atoms with Crippen LogP contribution in [0.15, 0.2) is 57.2 Å². The number of aliphatic carboxylic acids is 1. The first kappa shape index (κ1) is 27.8. The van der Waals surface area contributed by atoms with E-state index in [1.165, 1.54) is 32.4 Å². The van der Waals surface area contributed by atoms with Crippen LogP contribution in [0.25, 0.3) is 17.0 Å². The van der Waals surface area contributed by atoms with Crippen molar-refractivity contribution in [2.75, 3.05) is 27.3 Å². The van der Waals surface area contributed by atoms with Gasteiger partial charge in [-0.3, -0.25) is 14.6 Å². The fourth-order valence-corrected chi connectivity index (χ4v) is 5.28. The Balaban J connectivity index is 1.50. The lowest BCUT2D eigenvalue weighted by atomic mass is 10.1. The molecule has 1 aliphatic heterocycles. The second kappa shape index (κ2) is 12.1. The monoisotopic (exact) mass is 555 g/mol. The molecule has 0 fully saturated rings. The van der Waals surface area contributed by atoms with Crippen LogP contribution in [0, 0.1) is 0 Å². The Morgan fingerprint density at radius 1 is 1.18 bits per heavy atom. The Labute approximate surface area is 224 Å². The molecule has 4 N–H and O–H groups in total. The largest absolute Gasteiger partial charge is 0.493 e. The van der Waals surface area contributed by atoms with Crippen molar-refractivity contribution in [1.29, 1.82) is 0 Å². The molecule has 1 atom stereocenters. The van der Waals surface area contributed by atoms with Crippen molar-refractivity contribution in [3.8, 4) is 11.5 Å². The van der Waals surface area contributed by atoms with Crippen LogP contribution in [0.1, 0.15) is 24.2 Å². The number of hydrogen-bond donors (Lipinski definition) is 4. The van der Waals surface area contributed by atoms with Crippen molar-refractivity contribution in [2.24, 2.45) is 4.99 Å². The molecule has 0 unspecified atom stereocenters. The molecular formula is C26H29N5O7S. The minimum Gasteiger partial charge on any atom is -0.493 e. The van der Waals surface area contributed by atoms with E-state index in [1.54, 1.807) is 18.2 Å². The number of benzene rings is 2. The predicted octanol–water partition coefficient (Wildman–Crippen LogP) is 1.71. The van der Waals surface area contributed by atoms with Crippen LogP contribution in [-0.2, 0) is 21.2 Å². The summed E-state index contributed by atoms with van der Waals surface area (Å²) in [5.74, 6) is 0.0798. The standard InChI is InChI=1S/C26H29N5O7S/c1-37-21-10-8-17(14-22(21)38-2)39(35,36)31-20(26(33)34)15-24-29-19-9-7-16(13-18(19)25(32)30-24)5-3-11-27-23-6-4-12-28-23/h3,5,7-10,13-14,20,31H,4,6,11-12,15H2,1-2H3,(H,27,28)(H,33,34)(H,29,30,32)/t20-/m0/s1. The highest BCUT2D eigenvalue weighted by Gasteiger charge is 2.27. The molecule has 2 aromatic carbocycles. The number of carbonyl (C=O) groups is 1. The third-order valence-corrected chi connectivity index (χ3v) is 7.51. The van der Waals surface area contributed by atoms with E-state index in [0.29, 0.717) is 23.2 Å². The summed E-state index contributed by atoms with van der Waals surface area (Å²) in [7, 11) is -1.50. The zero-order valence-corrected chi connectivity index (χ0v) is 22.2. The first-order chi connectivity index (χ1) is 18.7. The number of nitrogens with zero attached hydrogens (tertiary/aromatic N) is 2. The Hall–Kier alpha value is -4.23. The topological polar surface area (TPSA) is 172 Å². The number of ether oxygens (including phenoxy) is 2. The molecule has 1 aromatic heterocycles. The number of carboxylic acids is 1. The molecule has 0 radical (unpaired) electrons. The molecule has 0 spiro atoms. The van der Waals surface area contributed by atoms with Crippen LogP contribution < -0.4 is 25.1 Å². The van der Waals surface area contributed by atoms with Gasteiger partial charge >= 0.3 is 5.97 Å². The average molecular weight is 556 g/mol. The number of aliphatic imine (C=N–C) groups is 1. The highest BCUT2D eigenvalue weighted by molar-refractivity contribution is 7.89. The van der Waals surface area contributed by atoms with E-state index < -0.39 is 27.6 Å². The van der Waals surface area contributed by atoms with Gasteiger partial charge in [0, 0.05) is 32.0 Å². The maximum Gasteiger partial charge on any atom is 0.322 e. The summed E-state index contributed by atoms with van der Waals surface area (Å²) < 4.78 is 38.3. The predicted molar refractivity (Wildman–Crippen MR) is 146 cm³/mol. The van der Waals surface area contributed by atoms with Crippen molar-refractivity contribution < 1.29 is 27.8 Å². The van der Waals surface area contributed by atoms with E-state index in [4.69, 9.17) is 9.47 Å². The lowest BCUT2D eigenvalue weighted by molar-refractivity contribution is -0.139. The summed E-state index contributed by atoms with van der Waals surface area (Å²) >= 11 is 0. The van der Waals surface area contributed by atoms with E-state index >= 15 is 0 Å². The van der Waals surface area contributed by atoms with Crippen LogP contribution in [0.4, 0.5) is 0 Å². The Morgan fingerprint density at radius 3 is 2.67 bits per heavy atom. The van der Waals surface area contributed by atoms with Crippen molar-refractivity contribution in [3.63, 3.8) is 0 Å². The van der Waals surface area contributed by atoms with Crippen molar-refractivity contribution in [3.05, 3.63) is 64.2 Å². The minimum absolute atomic E-state index is 0.0275. The van der Waals surface area contributed by atoms with E-state index in [9.17, 15) is 23.1 Å². The SMILES string of the molecule is COc1ccc(S(=O)(=O)N[C@@H](Cc2nc3ccc(C=CCNC4=NCCC4)cc3c(=O)[nH]2)C(=O)O)cc1OC. The number of H-pyrrole nitrogens is 1. The number of methoxy groups -OCH3 is 2. The second-order valence-corrected chi connectivity index (χ2v) is 10.5. The summed E-state index contributed by atoms with van der Waals surface area (Å²) in [6, 6.07) is 7.43. The second-order valence-electron chi connectivity index (χ2n) is 8.74. The molecule has 3 aromatic rings. The normalized spacial score (nSPS) is 14.4. The number of carboxylic acid groups (broad SMARTS) is 1. The first-order valence-electron chi connectivity index (χ1n) is 12.1. The number of hydrogen-bond acceptors (Lipinski definition) is 9. The minimum atomic E-state index is -4.26. The van der Waals surface area contributed by atoms with Crippen LogP contribution in [-0.4, -0.2) is 68.6 Å². The molecule has 0 aliphatic carbocycles. The summed E-state index contributed by atoms with van der Waals surface area (Å²) in [5.41, 5.74) is 0.690. The average Bonchev–Trinajstić information content (AvgIpc) is 3.44. The fraction of sp³-hybridized carbons (Fsp3) is 0.308. The zero-order valence-electron chi connectivity index (χ0n) is 21.4. The van der Waals surface area contributed by atoms with Crippen LogP contribution in [0.3, 0.4) is 0 Å². The number of sulfonamides is 1. The highest BCUT2D eigenvalue weighted by Crippen LogP contribution is 2.29. The van der Waals surface area contributed by atoms with Crippen molar-refractivity contribution >= 4 is 38.8 Å². The maximum absolute atomic E-state index is 12.9. The van der Waals surface area contributed by atoms with Gasteiger partial charge in [-0.05, 0) is 36.2 Å². The van der Waals surface area contributed by atoms with Gasteiger partial charge in [0.25, 0.3) is 5.56 Å². The van der Waals surface area contributed by atoms with Crippen molar-refractivity contribution in [1.82, 2.24) is 20.0 Å². The smallest absolute Gasteiger partial charge is 0.322 e. The van der Waals surface area contributed by atoms with Gasteiger partial charge in [-0.25, -0.2) is 13.4 Å². The third-order valence-electron chi connectivity index (χ3n) is 6.05. The van der Waals surface area contributed by atoms with Gasteiger partial charge in [0.15, 0.2) is 11.5 Å². The summed E-state index contributed by atoms with van der Waals surface area (Å²) in [4.78, 5) is 35.8. The maximum atomic E-state index is 12.9. The van der Waals surface area contributed by atoms with Gasteiger partial charge < -0.3 is 24.9 Å². The van der Waals surface area contributed by atoms with Gasteiger partial charge in [0.1, 0.15) is 11.9 Å². The molecule has 0 amide bonds. The number of aromatic nitrogens is 2. The van der Waals surface area contributed by atoms with Gasteiger partial charge in [0.2, 0.25) is 10.0 Å². The molecule has 1 aliphatic rings. The zero-order chi connectivity index (χ0) is 28.0. The summed E-state index contributed by atoms with van der Waals surface area (Å²) in [6.07, 6.45) is 5.43. The molecule has 0 saturated carbocycles. The van der Waals surface area contributed by atoms with Crippen LogP contribution in [0.2, 0.25) is 0 Å². The van der Waals surface area contributed by atoms with Gasteiger partial charge in [-0.1, -0.05) is 18.2 Å². The lowest BCUT2D eigenvalue weighted by Gasteiger charge is -2.16. The highest BCUT2D eigenvalue weighted by atomic mass is 32.2.